The molecule has 126 valence electrons. The van der Waals surface area contributed by atoms with E-state index in [0.29, 0.717) is 10.6 Å². The van der Waals surface area contributed by atoms with Crippen LogP contribution >= 0.6 is 23.2 Å². The van der Waals surface area contributed by atoms with Gasteiger partial charge in [0.1, 0.15) is 5.56 Å². The second-order valence-electron chi connectivity index (χ2n) is 4.82. The van der Waals surface area contributed by atoms with Crippen molar-refractivity contribution in [2.75, 3.05) is 20.2 Å². The van der Waals surface area contributed by atoms with Crippen molar-refractivity contribution < 1.29 is 14.3 Å². The SMILES string of the molecule is COc1c(Cl)ccc(Cl)c1C(=O)NCCNC(=O)c1ccccc1. The lowest BCUT2D eigenvalue weighted by molar-refractivity contribution is 0.0926. The maximum Gasteiger partial charge on any atom is 0.256 e. The molecule has 0 aliphatic carbocycles. The van der Waals surface area contributed by atoms with Crippen LogP contribution in [0.4, 0.5) is 0 Å². The summed E-state index contributed by atoms with van der Waals surface area (Å²) in [5.41, 5.74) is 0.726. The van der Waals surface area contributed by atoms with Gasteiger partial charge in [-0.1, -0.05) is 41.4 Å². The van der Waals surface area contributed by atoms with Crippen LogP contribution in [0, 0.1) is 0 Å². The number of methoxy groups -OCH3 is 1. The van der Waals surface area contributed by atoms with Crippen molar-refractivity contribution in [3.05, 3.63) is 63.6 Å². The molecule has 0 saturated carbocycles. The van der Waals surface area contributed by atoms with Gasteiger partial charge < -0.3 is 15.4 Å². The van der Waals surface area contributed by atoms with E-state index in [1.54, 1.807) is 30.3 Å². The number of benzene rings is 2. The summed E-state index contributed by atoms with van der Waals surface area (Å²) >= 11 is 12.0. The average Bonchev–Trinajstić information content (AvgIpc) is 2.60. The zero-order valence-corrected chi connectivity index (χ0v) is 14.4. The molecule has 0 radical (unpaired) electrons. The third-order valence-electron chi connectivity index (χ3n) is 3.22. The molecule has 2 amide bonds. The maximum atomic E-state index is 12.3. The van der Waals surface area contributed by atoms with Crippen LogP contribution in [0.1, 0.15) is 20.7 Å². The van der Waals surface area contributed by atoms with E-state index in [1.165, 1.54) is 13.2 Å². The van der Waals surface area contributed by atoms with Gasteiger partial charge in [0, 0.05) is 18.7 Å². The van der Waals surface area contributed by atoms with Gasteiger partial charge in [-0.05, 0) is 24.3 Å². The summed E-state index contributed by atoms with van der Waals surface area (Å²) in [6.07, 6.45) is 0. The molecule has 24 heavy (non-hydrogen) atoms. The van der Waals surface area contributed by atoms with Crippen molar-refractivity contribution in [2.45, 2.75) is 0 Å². The minimum atomic E-state index is -0.423. The van der Waals surface area contributed by atoms with E-state index in [1.807, 2.05) is 6.07 Å². The minimum absolute atomic E-state index is 0.168. The summed E-state index contributed by atoms with van der Waals surface area (Å²) in [5.74, 6) is -0.411. The Morgan fingerprint density at radius 2 is 1.50 bits per heavy atom. The number of hydrogen-bond donors (Lipinski definition) is 2. The first-order valence-corrected chi connectivity index (χ1v) is 7.93. The molecule has 2 aromatic rings. The molecule has 0 atom stereocenters. The van der Waals surface area contributed by atoms with Crippen molar-refractivity contribution >= 4 is 35.0 Å². The zero-order chi connectivity index (χ0) is 17.5. The van der Waals surface area contributed by atoms with Crippen LogP contribution in [0.5, 0.6) is 5.75 Å². The number of hydrogen-bond acceptors (Lipinski definition) is 3. The van der Waals surface area contributed by atoms with Gasteiger partial charge in [-0.25, -0.2) is 0 Å². The molecular formula is C17H16Cl2N2O3. The third kappa shape index (κ3) is 4.40. The highest BCUT2D eigenvalue weighted by molar-refractivity contribution is 6.37. The molecule has 2 rings (SSSR count). The Bertz CT molecular complexity index is 736. The molecule has 0 heterocycles. The highest BCUT2D eigenvalue weighted by Gasteiger charge is 2.19. The summed E-state index contributed by atoms with van der Waals surface area (Å²) in [4.78, 5) is 24.1. The number of rotatable bonds is 6. The quantitative estimate of drug-likeness (QED) is 0.771. The van der Waals surface area contributed by atoms with E-state index in [9.17, 15) is 9.59 Å². The van der Waals surface area contributed by atoms with Crippen LogP contribution in [0.15, 0.2) is 42.5 Å². The summed E-state index contributed by atoms with van der Waals surface area (Å²) < 4.78 is 5.13. The van der Waals surface area contributed by atoms with E-state index in [0.717, 1.165) is 0 Å². The standard InChI is InChI=1S/C17H16Cl2N2O3/c1-24-15-13(19)8-7-12(18)14(15)17(23)21-10-9-20-16(22)11-5-3-2-4-6-11/h2-8H,9-10H2,1H3,(H,20,22)(H,21,23). The van der Waals surface area contributed by atoms with Gasteiger partial charge >= 0.3 is 0 Å². The fourth-order valence-corrected chi connectivity index (χ4v) is 2.55. The smallest absolute Gasteiger partial charge is 0.256 e. The molecular weight excluding hydrogens is 351 g/mol. The Morgan fingerprint density at radius 1 is 0.917 bits per heavy atom. The molecule has 0 spiro atoms. The molecule has 0 saturated heterocycles. The normalized spacial score (nSPS) is 10.1. The fraction of sp³-hybridized carbons (Fsp3) is 0.176. The van der Waals surface area contributed by atoms with E-state index < -0.39 is 5.91 Å². The zero-order valence-electron chi connectivity index (χ0n) is 12.9. The molecule has 0 aromatic heterocycles. The molecule has 2 N–H and O–H groups in total. The maximum absolute atomic E-state index is 12.3. The lowest BCUT2D eigenvalue weighted by Crippen LogP contribution is -2.35. The Morgan fingerprint density at radius 3 is 2.12 bits per heavy atom. The Hall–Kier alpha value is -2.24. The van der Waals surface area contributed by atoms with Gasteiger partial charge in [0.2, 0.25) is 0 Å². The molecule has 2 aromatic carbocycles. The number of amides is 2. The van der Waals surface area contributed by atoms with Gasteiger partial charge in [-0.3, -0.25) is 9.59 Å². The molecule has 0 unspecified atom stereocenters. The lowest BCUT2D eigenvalue weighted by atomic mass is 10.2. The first kappa shape index (κ1) is 18.1. The van der Waals surface area contributed by atoms with Crippen molar-refractivity contribution in [3.63, 3.8) is 0 Å². The van der Waals surface area contributed by atoms with Crippen molar-refractivity contribution in [1.82, 2.24) is 10.6 Å². The molecule has 5 nitrogen and oxygen atoms in total. The van der Waals surface area contributed by atoms with Crippen LogP contribution in [-0.4, -0.2) is 32.0 Å². The van der Waals surface area contributed by atoms with E-state index in [-0.39, 0.29) is 35.3 Å². The van der Waals surface area contributed by atoms with E-state index in [2.05, 4.69) is 10.6 Å². The van der Waals surface area contributed by atoms with Crippen LogP contribution in [-0.2, 0) is 0 Å². The van der Waals surface area contributed by atoms with Gasteiger partial charge in [0.05, 0.1) is 17.2 Å². The average molecular weight is 367 g/mol. The number of carbonyl (C=O) groups excluding carboxylic acids is 2. The summed E-state index contributed by atoms with van der Waals surface area (Å²) in [7, 11) is 1.41. The van der Waals surface area contributed by atoms with Gasteiger partial charge in [-0.15, -0.1) is 0 Å². The molecule has 0 aliphatic rings. The predicted molar refractivity (Wildman–Crippen MR) is 94.1 cm³/mol. The number of ether oxygens (including phenoxy) is 1. The van der Waals surface area contributed by atoms with Crippen LogP contribution in [0.2, 0.25) is 10.0 Å². The minimum Gasteiger partial charge on any atom is -0.494 e. The Labute approximate surface area is 149 Å². The number of carbonyl (C=O) groups is 2. The van der Waals surface area contributed by atoms with Crippen molar-refractivity contribution in [1.29, 1.82) is 0 Å². The first-order chi connectivity index (χ1) is 11.5. The Balaban J connectivity index is 1.90. The largest absolute Gasteiger partial charge is 0.494 e. The van der Waals surface area contributed by atoms with Gasteiger partial charge in [0.15, 0.2) is 5.75 Å². The van der Waals surface area contributed by atoms with Crippen molar-refractivity contribution in [2.24, 2.45) is 0 Å². The van der Waals surface area contributed by atoms with Gasteiger partial charge in [0.25, 0.3) is 11.8 Å². The molecule has 0 aliphatic heterocycles. The predicted octanol–water partition coefficient (Wildman–Crippen LogP) is 3.16. The second-order valence-corrected chi connectivity index (χ2v) is 5.63. The second kappa shape index (κ2) is 8.57. The number of nitrogens with one attached hydrogen (secondary N) is 2. The Kier molecular flexibility index (Phi) is 6.46. The lowest BCUT2D eigenvalue weighted by Gasteiger charge is -2.12. The summed E-state index contributed by atoms with van der Waals surface area (Å²) in [6, 6.07) is 11.9. The van der Waals surface area contributed by atoms with Gasteiger partial charge in [-0.2, -0.15) is 0 Å². The van der Waals surface area contributed by atoms with Crippen LogP contribution in [0.3, 0.4) is 0 Å². The van der Waals surface area contributed by atoms with Crippen LogP contribution < -0.4 is 15.4 Å². The monoisotopic (exact) mass is 366 g/mol. The topological polar surface area (TPSA) is 67.4 Å². The molecule has 7 heteroatoms. The summed E-state index contributed by atoms with van der Waals surface area (Å²) in [6.45, 7) is 0.517. The van der Waals surface area contributed by atoms with Crippen molar-refractivity contribution in [3.8, 4) is 5.75 Å². The summed E-state index contributed by atoms with van der Waals surface area (Å²) in [5, 5.41) is 5.92. The van der Waals surface area contributed by atoms with E-state index in [4.69, 9.17) is 27.9 Å². The molecule has 0 bridgehead atoms. The first-order valence-electron chi connectivity index (χ1n) is 7.18. The molecule has 0 fully saturated rings. The van der Waals surface area contributed by atoms with E-state index >= 15 is 0 Å². The fourth-order valence-electron chi connectivity index (χ4n) is 2.08. The third-order valence-corrected chi connectivity index (χ3v) is 3.83. The number of halogens is 2. The van der Waals surface area contributed by atoms with Crippen LogP contribution in [0.25, 0.3) is 0 Å². The highest BCUT2D eigenvalue weighted by Crippen LogP contribution is 2.33. The highest BCUT2D eigenvalue weighted by atomic mass is 35.5.